The van der Waals surface area contributed by atoms with Crippen LogP contribution in [-0.2, 0) is 0 Å². The predicted octanol–water partition coefficient (Wildman–Crippen LogP) is 0.950. The van der Waals surface area contributed by atoms with Gasteiger partial charge in [-0.3, -0.25) is 4.79 Å². The standard InChI is InChI=1S/C16H13N4O3/c1-2-5-18-16-19-8-11(15(17)21)12(20-16)6-10-3-4-13-14(7-10)23-9-22-13/h1,3-4,6-8H,5,9H2,(H2,17,21)(H,18,19,20). The van der Waals surface area contributed by atoms with Crippen molar-refractivity contribution in [3.05, 3.63) is 47.6 Å². The molecule has 0 atom stereocenters. The lowest BCUT2D eigenvalue weighted by Crippen LogP contribution is -2.16. The molecule has 0 aliphatic carbocycles. The monoisotopic (exact) mass is 309 g/mol. The van der Waals surface area contributed by atoms with Crippen LogP contribution in [0.1, 0.15) is 21.6 Å². The zero-order valence-corrected chi connectivity index (χ0v) is 12.1. The Balaban J connectivity index is 1.90. The van der Waals surface area contributed by atoms with Crippen LogP contribution in [0.5, 0.6) is 11.5 Å². The second-order valence-electron chi connectivity index (χ2n) is 4.67. The molecule has 3 N–H and O–H groups in total. The molecule has 7 nitrogen and oxygen atoms in total. The van der Waals surface area contributed by atoms with Gasteiger partial charge in [-0.15, -0.1) is 6.42 Å². The number of hydrogen-bond donors (Lipinski definition) is 2. The molecular weight excluding hydrogens is 296 g/mol. The average Bonchev–Trinajstić information content (AvgIpc) is 3.00. The number of nitrogens with one attached hydrogen (secondary N) is 1. The molecule has 0 unspecified atom stereocenters. The van der Waals surface area contributed by atoms with Crippen LogP contribution in [-0.4, -0.2) is 29.2 Å². The number of aromatic nitrogens is 2. The molecular formula is C16H13N4O3. The molecule has 0 bridgehead atoms. The largest absolute Gasteiger partial charge is 0.454 e. The molecule has 0 spiro atoms. The summed E-state index contributed by atoms with van der Waals surface area (Å²) in [6, 6.07) is 5.41. The zero-order valence-electron chi connectivity index (χ0n) is 12.1. The zero-order chi connectivity index (χ0) is 16.2. The lowest BCUT2D eigenvalue weighted by Gasteiger charge is -2.08. The summed E-state index contributed by atoms with van der Waals surface area (Å²) in [5.41, 5.74) is 6.77. The highest BCUT2D eigenvalue weighted by Gasteiger charge is 2.16. The highest BCUT2D eigenvalue weighted by molar-refractivity contribution is 5.94. The maximum atomic E-state index is 11.5. The van der Waals surface area contributed by atoms with Gasteiger partial charge in [0, 0.05) is 12.6 Å². The van der Waals surface area contributed by atoms with Crippen LogP contribution in [0.2, 0.25) is 0 Å². The first-order chi connectivity index (χ1) is 11.2. The maximum Gasteiger partial charge on any atom is 0.252 e. The van der Waals surface area contributed by atoms with Gasteiger partial charge in [-0.1, -0.05) is 12.0 Å². The Hall–Kier alpha value is -3.27. The number of fused-ring (bicyclic) bond motifs is 1. The summed E-state index contributed by atoms with van der Waals surface area (Å²) < 4.78 is 10.6. The van der Waals surface area contributed by atoms with Crippen LogP contribution in [0, 0.1) is 18.8 Å². The second kappa shape index (κ2) is 6.23. The number of terminal acetylenes is 1. The van der Waals surface area contributed by atoms with Gasteiger partial charge in [0.15, 0.2) is 11.5 Å². The Morgan fingerprint density at radius 2 is 2.26 bits per heavy atom. The molecule has 0 fully saturated rings. The highest BCUT2D eigenvalue weighted by atomic mass is 16.7. The van der Waals surface area contributed by atoms with Gasteiger partial charge in [-0.2, -0.15) is 0 Å². The molecule has 1 amide bonds. The minimum atomic E-state index is -0.611. The van der Waals surface area contributed by atoms with Crippen LogP contribution in [0.4, 0.5) is 5.95 Å². The number of nitrogens with zero attached hydrogens (tertiary/aromatic N) is 2. The molecule has 115 valence electrons. The lowest BCUT2D eigenvalue weighted by atomic mass is 10.1. The van der Waals surface area contributed by atoms with Crippen LogP contribution in [0.15, 0.2) is 24.4 Å². The first kappa shape index (κ1) is 14.7. The molecule has 0 saturated heterocycles. The van der Waals surface area contributed by atoms with Crippen molar-refractivity contribution >= 4 is 11.9 Å². The van der Waals surface area contributed by atoms with Gasteiger partial charge >= 0.3 is 0 Å². The van der Waals surface area contributed by atoms with E-state index < -0.39 is 5.91 Å². The minimum absolute atomic E-state index is 0.193. The molecule has 7 heteroatoms. The number of anilines is 1. The summed E-state index contributed by atoms with van der Waals surface area (Å²) in [5.74, 6) is 3.45. The van der Waals surface area contributed by atoms with Gasteiger partial charge in [0.05, 0.1) is 17.8 Å². The maximum absolute atomic E-state index is 11.5. The number of rotatable bonds is 5. The van der Waals surface area contributed by atoms with E-state index >= 15 is 0 Å². The van der Waals surface area contributed by atoms with Crippen LogP contribution < -0.4 is 20.5 Å². The van der Waals surface area contributed by atoms with Crippen molar-refractivity contribution in [3.8, 4) is 23.8 Å². The molecule has 1 aromatic heterocycles. The molecule has 0 saturated carbocycles. The molecule has 1 aliphatic rings. The van der Waals surface area contributed by atoms with E-state index in [1.165, 1.54) is 6.20 Å². The van der Waals surface area contributed by atoms with E-state index in [0.717, 1.165) is 5.56 Å². The Kier molecular flexibility index (Phi) is 3.97. The molecule has 1 radical (unpaired) electrons. The second-order valence-corrected chi connectivity index (χ2v) is 4.67. The fourth-order valence-corrected chi connectivity index (χ4v) is 2.07. The quantitative estimate of drug-likeness (QED) is 0.798. The first-order valence-electron chi connectivity index (χ1n) is 6.76. The number of hydrogen-bond acceptors (Lipinski definition) is 6. The van der Waals surface area contributed by atoms with Crippen molar-refractivity contribution in [3.63, 3.8) is 0 Å². The fourth-order valence-electron chi connectivity index (χ4n) is 2.07. The van der Waals surface area contributed by atoms with Gasteiger partial charge in [0.25, 0.3) is 5.91 Å². The van der Waals surface area contributed by atoms with Gasteiger partial charge in [-0.05, 0) is 17.7 Å². The van der Waals surface area contributed by atoms with Gasteiger partial charge in [0.2, 0.25) is 12.7 Å². The van der Waals surface area contributed by atoms with Gasteiger partial charge in [-0.25, -0.2) is 9.97 Å². The summed E-state index contributed by atoms with van der Waals surface area (Å²) in [4.78, 5) is 19.8. The smallest absolute Gasteiger partial charge is 0.252 e. The number of primary amides is 1. The number of nitrogens with two attached hydrogens (primary N) is 1. The van der Waals surface area contributed by atoms with Crippen molar-refractivity contribution < 1.29 is 14.3 Å². The summed E-state index contributed by atoms with van der Waals surface area (Å²) in [6.07, 6.45) is 8.27. The van der Waals surface area contributed by atoms with Crippen molar-refractivity contribution in [1.82, 2.24) is 9.97 Å². The first-order valence-corrected chi connectivity index (χ1v) is 6.76. The number of ether oxygens (including phenoxy) is 2. The van der Waals surface area contributed by atoms with E-state index in [-0.39, 0.29) is 18.9 Å². The number of carbonyl (C=O) groups is 1. The highest BCUT2D eigenvalue weighted by Crippen LogP contribution is 2.33. The lowest BCUT2D eigenvalue weighted by molar-refractivity contribution is 0.0999. The van der Waals surface area contributed by atoms with Crippen LogP contribution in [0.3, 0.4) is 0 Å². The van der Waals surface area contributed by atoms with E-state index in [2.05, 4.69) is 21.2 Å². The summed E-state index contributed by atoms with van der Waals surface area (Å²) in [5, 5.41) is 2.85. The van der Waals surface area contributed by atoms with E-state index in [9.17, 15) is 4.79 Å². The van der Waals surface area contributed by atoms with E-state index in [4.69, 9.17) is 21.6 Å². The van der Waals surface area contributed by atoms with Crippen molar-refractivity contribution in [2.45, 2.75) is 0 Å². The van der Waals surface area contributed by atoms with Crippen molar-refractivity contribution in [2.75, 3.05) is 18.7 Å². The van der Waals surface area contributed by atoms with Gasteiger partial charge < -0.3 is 20.5 Å². The van der Waals surface area contributed by atoms with Crippen molar-refractivity contribution in [1.29, 1.82) is 0 Å². The summed E-state index contributed by atoms with van der Waals surface area (Å²) in [7, 11) is 0. The molecule has 1 aliphatic heterocycles. The molecule has 2 heterocycles. The van der Waals surface area contributed by atoms with Crippen LogP contribution >= 0.6 is 0 Å². The topological polar surface area (TPSA) is 99.4 Å². The van der Waals surface area contributed by atoms with Crippen LogP contribution in [0.25, 0.3) is 0 Å². The molecule has 1 aromatic carbocycles. The fraction of sp³-hybridized carbons (Fsp3) is 0.125. The number of benzene rings is 1. The summed E-state index contributed by atoms with van der Waals surface area (Å²) >= 11 is 0. The third-order valence-electron chi connectivity index (χ3n) is 3.13. The predicted molar refractivity (Wildman–Crippen MR) is 82.9 cm³/mol. The average molecular weight is 309 g/mol. The Labute approximate surface area is 132 Å². The van der Waals surface area contributed by atoms with Gasteiger partial charge in [0.1, 0.15) is 0 Å². The third-order valence-corrected chi connectivity index (χ3v) is 3.13. The Morgan fingerprint density at radius 1 is 1.43 bits per heavy atom. The third kappa shape index (κ3) is 3.16. The Bertz CT molecular complexity index is 798. The SMILES string of the molecule is C#CCNc1ncc(C(N)=O)c([CH]c2ccc3c(c2)OCO3)n1. The van der Waals surface area contributed by atoms with E-state index in [1.807, 2.05) is 6.07 Å². The normalized spacial score (nSPS) is 11.8. The number of carbonyl (C=O) groups excluding carboxylic acids is 1. The van der Waals surface area contributed by atoms with Crippen molar-refractivity contribution in [2.24, 2.45) is 5.73 Å². The molecule has 23 heavy (non-hydrogen) atoms. The van der Waals surface area contributed by atoms with E-state index in [1.54, 1.807) is 18.6 Å². The molecule has 2 aromatic rings. The van der Waals surface area contributed by atoms with E-state index in [0.29, 0.717) is 23.1 Å². The Morgan fingerprint density at radius 3 is 3.04 bits per heavy atom. The number of amides is 1. The minimum Gasteiger partial charge on any atom is -0.454 e. The molecule has 3 rings (SSSR count). The summed E-state index contributed by atoms with van der Waals surface area (Å²) in [6.45, 7) is 0.471.